The number of hydrogen-bond donors (Lipinski definition) is 2. The summed E-state index contributed by atoms with van der Waals surface area (Å²) in [4.78, 5) is 25.2. The third-order valence-corrected chi connectivity index (χ3v) is 5.80. The molecule has 0 aliphatic heterocycles. The number of thiophene rings is 1. The first kappa shape index (κ1) is 17.8. The van der Waals surface area contributed by atoms with Crippen LogP contribution in [-0.4, -0.2) is 18.4 Å². The van der Waals surface area contributed by atoms with Crippen molar-refractivity contribution >= 4 is 39.8 Å². The summed E-state index contributed by atoms with van der Waals surface area (Å²) in [5.41, 5.74) is 7.85. The molecule has 0 radical (unpaired) electrons. The third-order valence-electron chi connectivity index (χ3n) is 4.17. The van der Waals surface area contributed by atoms with E-state index in [9.17, 15) is 9.59 Å². The quantitative estimate of drug-likeness (QED) is 0.832. The molecule has 2 amide bonds. The fourth-order valence-corrected chi connectivity index (χ4v) is 4.36. The van der Waals surface area contributed by atoms with Crippen molar-refractivity contribution in [1.29, 1.82) is 0 Å². The molecule has 0 spiro atoms. The third kappa shape index (κ3) is 3.96. The van der Waals surface area contributed by atoms with Crippen LogP contribution >= 0.6 is 22.9 Å². The number of hydrogen-bond acceptors (Lipinski definition) is 4. The van der Waals surface area contributed by atoms with Crippen LogP contribution < -0.4 is 15.8 Å². The highest BCUT2D eigenvalue weighted by Crippen LogP contribution is 2.37. The number of amides is 2. The van der Waals surface area contributed by atoms with E-state index in [2.05, 4.69) is 5.32 Å². The minimum atomic E-state index is -0.496. The highest BCUT2D eigenvalue weighted by molar-refractivity contribution is 7.17. The van der Waals surface area contributed by atoms with Gasteiger partial charge in [-0.05, 0) is 61.9 Å². The molecule has 3 rings (SSSR count). The lowest BCUT2D eigenvalue weighted by Gasteiger charge is -2.11. The maximum Gasteiger partial charge on any atom is 0.262 e. The molecule has 1 aliphatic rings. The molecular formula is C18H19ClN2O3S. The minimum absolute atomic E-state index is 0.151. The molecule has 1 aromatic heterocycles. The summed E-state index contributed by atoms with van der Waals surface area (Å²) in [6.45, 7) is 1.71. The predicted molar refractivity (Wildman–Crippen MR) is 99.8 cm³/mol. The molecule has 25 heavy (non-hydrogen) atoms. The van der Waals surface area contributed by atoms with E-state index in [1.807, 2.05) is 6.92 Å². The normalized spacial score (nSPS) is 13.2. The Morgan fingerprint density at radius 1 is 1.32 bits per heavy atom. The maximum absolute atomic E-state index is 12.2. The van der Waals surface area contributed by atoms with Gasteiger partial charge in [0.25, 0.3) is 11.8 Å². The van der Waals surface area contributed by atoms with Gasteiger partial charge in [0.1, 0.15) is 10.8 Å². The second-order valence-electron chi connectivity index (χ2n) is 6.03. The Balaban J connectivity index is 1.69. The van der Waals surface area contributed by atoms with E-state index in [4.69, 9.17) is 22.1 Å². The van der Waals surface area contributed by atoms with Crippen LogP contribution in [0.15, 0.2) is 18.2 Å². The van der Waals surface area contributed by atoms with Gasteiger partial charge in [0.05, 0.1) is 5.56 Å². The smallest absolute Gasteiger partial charge is 0.262 e. The maximum atomic E-state index is 12.2. The standard InChI is InChI=1S/C18H19ClN2O3S/c1-10-8-11(6-7-13(10)19)24-9-15(22)21-18-16(17(20)23)12-4-2-3-5-14(12)25-18/h6-8H,2-5,9H2,1H3,(H2,20,23)(H,21,22). The number of rotatable bonds is 5. The number of benzene rings is 1. The van der Waals surface area contributed by atoms with Crippen LogP contribution in [0.2, 0.25) is 5.02 Å². The number of nitrogens with two attached hydrogens (primary N) is 1. The Kier molecular flexibility index (Phi) is 5.30. The lowest BCUT2D eigenvalue weighted by molar-refractivity contribution is -0.118. The van der Waals surface area contributed by atoms with E-state index in [0.29, 0.717) is 21.3 Å². The molecule has 0 unspecified atom stereocenters. The van der Waals surface area contributed by atoms with E-state index in [1.165, 1.54) is 11.3 Å². The molecule has 132 valence electrons. The molecule has 0 saturated heterocycles. The molecule has 5 nitrogen and oxygen atoms in total. The molecular weight excluding hydrogens is 360 g/mol. The van der Waals surface area contributed by atoms with E-state index in [0.717, 1.165) is 41.7 Å². The van der Waals surface area contributed by atoms with Crippen LogP contribution in [0.5, 0.6) is 5.75 Å². The summed E-state index contributed by atoms with van der Waals surface area (Å²) < 4.78 is 5.50. The van der Waals surface area contributed by atoms with Crippen LogP contribution in [0.3, 0.4) is 0 Å². The van der Waals surface area contributed by atoms with Crippen molar-refractivity contribution in [2.24, 2.45) is 5.73 Å². The second kappa shape index (κ2) is 7.45. The van der Waals surface area contributed by atoms with Gasteiger partial charge in [-0.15, -0.1) is 11.3 Å². The minimum Gasteiger partial charge on any atom is -0.484 e. The number of fused-ring (bicyclic) bond motifs is 1. The number of aryl methyl sites for hydroxylation is 2. The van der Waals surface area contributed by atoms with Crippen LogP contribution in [0, 0.1) is 6.92 Å². The first-order chi connectivity index (χ1) is 12.0. The lowest BCUT2D eigenvalue weighted by atomic mass is 9.95. The van der Waals surface area contributed by atoms with Crippen molar-refractivity contribution in [3.63, 3.8) is 0 Å². The fraction of sp³-hybridized carbons (Fsp3) is 0.333. The van der Waals surface area contributed by atoms with Crippen LogP contribution in [0.1, 0.15) is 39.2 Å². The number of nitrogens with one attached hydrogen (secondary N) is 1. The summed E-state index contributed by atoms with van der Waals surface area (Å²) >= 11 is 7.41. The molecule has 1 heterocycles. The first-order valence-corrected chi connectivity index (χ1v) is 9.28. The summed E-state index contributed by atoms with van der Waals surface area (Å²) in [7, 11) is 0. The molecule has 0 fully saturated rings. The summed E-state index contributed by atoms with van der Waals surface area (Å²) in [6.07, 6.45) is 3.89. The van der Waals surface area contributed by atoms with Crippen molar-refractivity contribution in [2.75, 3.05) is 11.9 Å². The number of carbonyl (C=O) groups excluding carboxylic acids is 2. The molecule has 0 bridgehead atoms. The van der Waals surface area contributed by atoms with Crippen molar-refractivity contribution in [3.8, 4) is 5.75 Å². The summed E-state index contributed by atoms with van der Waals surface area (Å²) in [6, 6.07) is 5.21. The molecule has 2 aromatic rings. The zero-order valence-electron chi connectivity index (χ0n) is 13.9. The van der Waals surface area contributed by atoms with Crippen LogP contribution in [0.4, 0.5) is 5.00 Å². The van der Waals surface area contributed by atoms with Crippen molar-refractivity contribution in [3.05, 3.63) is 44.8 Å². The Labute approximate surface area is 155 Å². The van der Waals surface area contributed by atoms with Gasteiger partial charge < -0.3 is 15.8 Å². The lowest BCUT2D eigenvalue weighted by Crippen LogP contribution is -2.22. The number of halogens is 1. The molecule has 3 N–H and O–H groups in total. The van der Waals surface area contributed by atoms with Gasteiger partial charge in [0.15, 0.2) is 6.61 Å². The van der Waals surface area contributed by atoms with Crippen molar-refractivity contribution in [1.82, 2.24) is 0 Å². The number of anilines is 1. The number of ether oxygens (including phenoxy) is 1. The number of carbonyl (C=O) groups is 2. The second-order valence-corrected chi connectivity index (χ2v) is 7.54. The zero-order valence-corrected chi connectivity index (χ0v) is 15.4. The van der Waals surface area contributed by atoms with E-state index in [-0.39, 0.29) is 12.5 Å². The monoisotopic (exact) mass is 378 g/mol. The fourth-order valence-electron chi connectivity index (χ4n) is 2.93. The SMILES string of the molecule is Cc1cc(OCC(=O)Nc2sc3c(c2C(N)=O)CCCC3)ccc1Cl. The van der Waals surface area contributed by atoms with Gasteiger partial charge in [0, 0.05) is 9.90 Å². The predicted octanol–water partition coefficient (Wildman–Crippen LogP) is 3.71. The average Bonchev–Trinajstić information content (AvgIpc) is 2.93. The van der Waals surface area contributed by atoms with Crippen molar-refractivity contribution in [2.45, 2.75) is 32.6 Å². The topological polar surface area (TPSA) is 81.4 Å². The van der Waals surface area contributed by atoms with E-state index < -0.39 is 5.91 Å². The Morgan fingerprint density at radius 2 is 2.08 bits per heavy atom. The van der Waals surface area contributed by atoms with Crippen LogP contribution in [-0.2, 0) is 17.6 Å². The van der Waals surface area contributed by atoms with Gasteiger partial charge in [0.2, 0.25) is 0 Å². The van der Waals surface area contributed by atoms with Gasteiger partial charge in [-0.2, -0.15) is 0 Å². The Hall–Kier alpha value is -2.05. The van der Waals surface area contributed by atoms with Gasteiger partial charge in [-0.1, -0.05) is 11.6 Å². The molecule has 7 heteroatoms. The summed E-state index contributed by atoms with van der Waals surface area (Å²) in [5, 5.41) is 3.95. The van der Waals surface area contributed by atoms with Gasteiger partial charge >= 0.3 is 0 Å². The molecule has 0 atom stereocenters. The van der Waals surface area contributed by atoms with Gasteiger partial charge in [-0.25, -0.2) is 0 Å². The zero-order chi connectivity index (χ0) is 18.0. The highest BCUT2D eigenvalue weighted by atomic mass is 35.5. The van der Waals surface area contributed by atoms with E-state index in [1.54, 1.807) is 18.2 Å². The molecule has 1 aromatic carbocycles. The molecule has 1 aliphatic carbocycles. The Morgan fingerprint density at radius 3 is 2.80 bits per heavy atom. The Bertz CT molecular complexity index is 832. The molecule has 0 saturated carbocycles. The van der Waals surface area contributed by atoms with Gasteiger partial charge in [-0.3, -0.25) is 9.59 Å². The largest absolute Gasteiger partial charge is 0.484 e. The van der Waals surface area contributed by atoms with E-state index >= 15 is 0 Å². The van der Waals surface area contributed by atoms with Crippen LogP contribution in [0.25, 0.3) is 0 Å². The number of primary amides is 1. The van der Waals surface area contributed by atoms with Crippen molar-refractivity contribution < 1.29 is 14.3 Å². The average molecular weight is 379 g/mol. The summed E-state index contributed by atoms with van der Waals surface area (Å²) in [5.74, 6) is -0.254. The first-order valence-electron chi connectivity index (χ1n) is 8.09. The highest BCUT2D eigenvalue weighted by Gasteiger charge is 2.24.